The summed E-state index contributed by atoms with van der Waals surface area (Å²) < 4.78 is 4.73. The SMILES string of the molecule is COC(=O)c1ccc2c(c1)C(C)=C(C)CC2. The van der Waals surface area contributed by atoms with Crippen molar-refractivity contribution in [3.63, 3.8) is 0 Å². The number of aryl methyl sites for hydroxylation is 1. The molecule has 1 aromatic carbocycles. The van der Waals surface area contributed by atoms with Gasteiger partial charge >= 0.3 is 5.97 Å². The van der Waals surface area contributed by atoms with Gasteiger partial charge in [-0.3, -0.25) is 0 Å². The van der Waals surface area contributed by atoms with Gasteiger partial charge in [-0.1, -0.05) is 11.6 Å². The summed E-state index contributed by atoms with van der Waals surface area (Å²) in [7, 11) is 1.41. The third kappa shape index (κ3) is 1.75. The molecular formula is C14H16O2. The Hall–Kier alpha value is -1.57. The van der Waals surface area contributed by atoms with Gasteiger partial charge in [0, 0.05) is 0 Å². The fourth-order valence-electron chi connectivity index (χ4n) is 2.13. The maximum Gasteiger partial charge on any atom is 0.337 e. The highest BCUT2D eigenvalue weighted by Crippen LogP contribution is 2.31. The van der Waals surface area contributed by atoms with Gasteiger partial charge < -0.3 is 4.74 Å². The molecule has 0 bridgehead atoms. The molecule has 0 aromatic heterocycles. The number of fused-ring (bicyclic) bond motifs is 1. The van der Waals surface area contributed by atoms with Crippen molar-refractivity contribution >= 4 is 11.5 Å². The van der Waals surface area contributed by atoms with E-state index in [-0.39, 0.29) is 5.97 Å². The van der Waals surface area contributed by atoms with E-state index in [2.05, 4.69) is 13.8 Å². The molecule has 1 aromatic rings. The van der Waals surface area contributed by atoms with Crippen LogP contribution in [0, 0.1) is 0 Å². The largest absolute Gasteiger partial charge is 0.465 e. The highest BCUT2D eigenvalue weighted by Gasteiger charge is 2.15. The van der Waals surface area contributed by atoms with Gasteiger partial charge in [0.2, 0.25) is 0 Å². The number of carbonyl (C=O) groups excluding carboxylic acids is 1. The van der Waals surface area contributed by atoms with Crippen LogP contribution in [0.5, 0.6) is 0 Å². The lowest BCUT2D eigenvalue weighted by Gasteiger charge is -2.19. The predicted molar refractivity (Wildman–Crippen MR) is 64.4 cm³/mol. The first-order chi connectivity index (χ1) is 7.63. The van der Waals surface area contributed by atoms with Crippen LogP contribution in [-0.4, -0.2) is 13.1 Å². The normalized spacial score (nSPS) is 14.7. The number of benzene rings is 1. The smallest absolute Gasteiger partial charge is 0.337 e. The quantitative estimate of drug-likeness (QED) is 0.674. The lowest BCUT2D eigenvalue weighted by Crippen LogP contribution is -2.06. The van der Waals surface area contributed by atoms with Gasteiger partial charge in [0.15, 0.2) is 0 Å². The Bertz CT molecular complexity index is 470. The second kappa shape index (κ2) is 4.12. The van der Waals surface area contributed by atoms with Crippen LogP contribution in [0.15, 0.2) is 23.8 Å². The number of allylic oxidation sites excluding steroid dienone is 2. The van der Waals surface area contributed by atoms with E-state index in [4.69, 9.17) is 4.74 Å². The van der Waals surface area contributed by atoms with Gasteiger partial charge in [0.1, 0.15) is 0 Å². The fraction of sp³-hybridized carbons (Fsp3) is 0.357. The van der Waals surface area contributed by atoms with E-state index < -0.39 is 0 Å². The highest BCUT2D eigenvalue weighted by atomic mass is 16.5. The minimum absolute atomic E-state index is 0.265. The van der Waals surface area contributed by atoms with Crippen molar-refractivity contribution in [3.05, 3.63) is 40.5 Å². The van der Waals surface area contributed by atoms with Crippen molar-refractivity contribution < 1.29 is 9.53 Å². The Morgan fingerprint density at radius 3 is 2.69 bits per heavy atom. The van der Waals surface area contributed by atoms with Gasteiger partial charge in [0.05, 0.1) is 12.7 Å². The number of hydrogen-bond donors (Lipinski definition) is 0. The Labute approximate surface area is 95.9 Å². The summed E-state index contributed by atoms with van der Waals surface area (Å²) in [5, 5.41) is 0. The molecule has 0 fully saturated rings. The molecular weight excluding hydrogens is 200 g/mol. The Morgan fingerprint density at radius 2 is 2.00 bits per heavy atom. The molecule has 0 heterocycles. The molecule has 0 N–H and O–H groups in total. The van der Waals surface area contributed by atoms with Gasteiger partial charge in [-0.25, -0.2) is 4.79 Å². The molecule has 2 heteroatoms. The van der Waals surface area contributed by atoms with Crippen LogP contribution < -0.4 is 0 Å². The summed E-state index contributed by atoms with van der Waals surface area (Å²) in [6.07, 6.45) is 2.19. The molecule has 2 nitrogen and oxygen atoms in total. The topological polar surface area (TPSA) is 26.3 Å². The Balaban J connectivity index is 2.50. The molecule has 0 amide bonds. The second-order valence-corrected chi connectivity index (χ2v) is 4.27. The van der Waals surface area contributed by atoms with Crippen molar-refractivity contribution in [1.82, 2.24) is 0 Å². The summed E-state index contributed by atoms with van der Waals surface area (Å²) in [4.78, 5) is 11.4. The van der Waals surface area contributed by atoms with E-state index >= 15 is 0 Å². The van der Waals surface area contributed by atoms with Crippen molar-refractivity contribution in [2.75, 3.05) is 7.11 Å². The number of carbonyl (C=O) groups is 1. The first-order valence-corrected chi connectivity index (χ1v) is 5.51. The lowest BCUT2D eigenvalue weighted by atomic mass is 9.86. The first kappa shape index (κ1) is 10.9. The average Bonchev–Trinajstić information content (AvgIpc) is 2.32. The number of esters is 1. The zero-order valence-electron chi connectivity index (χ0n) is 9.96. The van der Waals surface area contributed by atoms with Crippen LogP contribution in [0.1, 0.15) is 41.8 Å². The second-order valence-electron chi connectivity index (χ2n) is 4.27. The number of methoxy groups -OCH3 is 1. The van der Waals surface area contributed by atoms with Crippen LogP contribution >= 0.6 is 0 Å². The average molecular weight is 216 g/mol. The van der Waals surface area contributed by atoms with Gasteiger partial charge in [0.25, 0.3) is 0 Å². The van der Waals surface area contributed by atoms with Crippen LogP contribution in [-0.2, 0) is 11.2 Å². The minimum Gasteiger partial charge on any atom is -0.465 e. The lowest BCUT2D eigenvalue weighted by molar-refractivity contribution is 0.0600. The first-order valence-electron chi connectivity index (χ1n) is 5.51. The molecule has 0 spiro atoms. The van der Waals surface area contributed by atoms with Crippen LogP contribution in [0.4, 0.5) is 0 Å². The molecule has 1 aliphatic carbocycles. The summed E-state index contributed by atoms with van der Waals surface area (Å²) in [6, 6.07) is 5.83. The third-order valence-corrected chi connectivity index (χ3v) is 3.34. The highest BCUT2D eigenvalue weighted by molar-refractivity contribution is 5.91. The van der Waals surface area contributed by atoms with E-state index in [0.717, 1.165) is 12.8 Å². The predicted octanol–water partition coefficient (Wildman–Crippen LogP) is 3.21. The summed E-state index contributed by atoms with van der Waals surface area (Å²) in [5.41, 5.74) is 5.87. The van der Waals surface area contributed by atoms with Crippen molar-refractivity contribution in [3.8, 4) is 0 Å². The van der Waals surface area contributed by atoms with Crippen molar-refractivity contribution in [1.29, 1.82) is 0 Å². The molecule has 0 atom stereocenters. The van der Waals surface area contributed by atoms with Crippen molar-refractivity contribution in [2.45, 2.75) is 26.7 Å². The summed E-state index contributed by atoms with van der Waals surface area (Å²) in [6.45, 7) is 4.28. The molecule has 0 saturated carbocycles. The molecule has 0 saturated heterocycles. The Morgan fingerprint density at radius 1 is 1.25 bits per heavy atom. The maximum atomic E-state index is 11.4. The van der Waals surface area contributed by atoms with Gasteiger partial charge in [-0.2, -0.15) is 0 Å². The fourth-order valence-corrected chi connectivity index (χ4v) is 2.13. The molecule has 0 radical (unpaired) electrons. The maximum absolute atomic E-state index is 11.4. The Kier molecular flexibility index (Phi) is 2.82. The number of hydrogen-bond acceptors (Lipinski definition) is 2. The van der Waals surface area contributed by atoms with Crippen LogP contribution in [0.3, 0.4) is 0 Å². The van der Waals surface area contributed by atoms with E-state index in [0.29, 0.717) is 5.56 Å². The number of rotatable bonds is 1. The minimum atomic E-state index is -0.265. The summed E-state index contributed by atoms with van der Waals surface area (Å²) >= 11 is 0. The van der Waals surface area contributed by atoms with Crippen molar-refractivity contribution in [2.24, 2.45) is 0 Å². The molecule has 84 valence electrons. The zero-order chi connectivity index (χ0) is 11.7. The van der Waals surface area contributed by atoms with E-state index in [1.54, 1.807) is 0 Å². The summed E-state index contributed by atoms with van der Waals surface area (Å²) in [5.74, 6) is -0.265. The van der Waals surface area contributed by atoms with Crippen LogP contribution in [0.25, 0.3) is 5.57 Å². The molecule has 1 aliphatic rings. The van der Waals surface area contributed by atoms with Crippen LogP contribution in [0.2, 0.25) is 0 Å². The third-order valence-electron chi connectivity index (χ3n) is 3.34. The van der Waals surface area contributed by atoms with Gasteiger partial charge in [-0.05, 0) is 55.5 Å². The standard InChI is InChI=1S/C14H16O2/c1-9-4-5-11-6-7-12(14(15)16-3)8-13(11)10(9)2/h6-8H,4-5H2,1-3H3. The monoisotopic (exact) mass is 216 g/mol. The van der Waals surface area contributed by atoms with E-state index in [1.807, 2.05) is 18.2 Å². The zero-order valence-corrected chi connectivity index (χ0v) is 9.96. The molecule has 0 unspecified atom stereocenters. The van der Waals surface area contributed by atoms with Gasteiger partial charge in [-0.15, -0.1) is 0 Å². The molecule has 2 rings (SSSR count). The van der Waals surface area contributed by atoms with E-state index in [9.17, 15) is 4.79 Å². The molecule has 0 aliphatic heterocycles. The number of ether oxygens (including phenoxy) is 1. The molecule has 16 heavy (non-hydrogen) atoms. The van der Waals surface area contributed by atoms with E-state index in [1.165, 1.54) is 29.4 Å².